The summed E-state index contributed by atoms with van der Waals surface area (Å²) in [5.74, 6) is 3.76. The van der Waals surface area contributed by atoms with Gasteiger partial charge in [0.2, 0.25) is 0 Å². The highest BCUT2D eigenvalue weighted by molar-refractivity contribution is 5.45. The molecule has 0 atom stereocenters. The molecule has 1 aliphatic rings. The van der Waals surface area contributed by atoms with E-state index in [-0.39, 0.29) is 0 Å². The lowest BCUT2D eigenvalue weighted by Gasteiger charge is -2.08. The molecule has 3 aromatic rings. The summed E-state index contributed by atoms with van der Waals surface area (Å²) in [6.07, 6.45) is 5.50. The fourth-order valence-corrected chi connectivity index (χ4v) is 2.67. The van der Waals surface area contributed by atoms with E-state index in [0.29, 0.717) is 35.3 Å². The second kappa shape index (κ2) is 6.58. The van der Waals surface area contributed by atoms with E-state index in [2.05, 4.69) is 15.1 Å². The first-order valence-corrected chi connectivity index (χ1v) is 8.23. The number of oxazole rings is 1. The van der Waals surface area contributed by atoms with Gasteiger partial charge in [0.15, 0.2) is 28.9 Å². The maximum absolute atomic E-state index is 5.48. The van der Waals surface area contributed by atoms with E-state index in [4.69, 9.17) is 18.4 Å². The lowest BCUT2D eigenvalue weighted by atomic mass is 10.1. The zero-order chi connectivity index (χ0) is 17.2. The SMILES string of the molecule is COc1ccc(Cc2noc(-c3coc(CC4CC4)n3)n2)cc1OC. The van der Waals surface area contributed by atoms with Crippen molar-refractivity contribution in [3.8, 4) is 23.1 Å². The molecule has 0 N–H and O–H groups in total. The molecule has 0 amide bonds. The van der Waals surface area contributed by atoms with Gasteiger partial charge in [0.25, 0.3) is 5.89 Å². The molecule has 130 valence electrons. The van der Waals surface area contributed by atoms with E-state index < -0.39 is 0 Å². The standard InChI is InChI=1S/C18H19N3O4/c1-22-14-6-5-12(7-15(14)23-2)8-16-20-18(25-21-16)13-10-24-17(19-13)9-11-3-4-11/h5-7,10-11H,3-4,8-9H2,1-2H3. The molecule has 0 aliphatic heterocycles. The third kappa shape index (κ3) is 3.50. The van der Waals surface area contributed by atoms with Crippen LogP contribution in [-0.2, 0) is 12.8 Å². The monoisotopic (exact) mass is 341 g/mol. The number of methoxy groups -OCH3 is 2. The zero-order valence-electron chi connectivity index (χ0n) is 14.2. The molecule has 2 heterocycles. The number of ether oxygens (including phenoxy) is 2. The first-order chi connectivity index (χ1) is 12.2. The summed E-state index contributed by atoms with van der Waals surface area (Å²) in [4.78, 5) is 8.84. The van der Waals surface area contributed by atoms with Crippen LogP contribution in [0.5, 0.6) is 11.5 Å². The number of benzene rings is 1. The molecule has 0 unspecified atom stereocenters. The van der Waals surface area contributed by atoms with Crippen LogP contribution in [-0.4, -0.2) is 29.3 Å². The molecule has 1 fully saturated rings. The van der Waals surface area contributed by atoms with Crippen molar-refractivity contribution in [1.29, 1.82) is 0 Å². The van der Waals surface area contributed by atoms with Crippen molar-refractivity contribution >= 4 is 0 Å². The molecule has 4 rings (SSSR count). The van der Waals surface area contributed by atoms with Crippen molar-refractivity contribution in [1.82, 2.24) is 15.1 Å². The van der Waals surface area contributed by atoms with Gasteiger partial charge in [0, 0.05) is 12.8 Å². The Kier molecular flexibility index (Phi) is 4.13. The maximum Gasteiger partial charge on any atom is 0.279 e. The number of rotatable bonds is 7. The van der Waals surface area contributed by atoms with Gasteiger partial charge < -0.3 is 18.4 Å². The minimum Gasteiger partial charge on any atom is -0.493 e. The van der Waals surface area contributed by atoms with Crippen LogP contribution in [0.25, 0.3) is 11.6 Å². The molecule has 0 spiro atoms. The van der Waals surface area contributed by atoms with Gasteiger partial charge in [0.05, 0.1) is 14.2 Å². The van der Waals surface area contributed by atoms with Gasteiger partial charge in [-0.15, -0.1) is 0 Å². The predicted molar refractivity (Wildman–Crippen MR) is 88.6 cm³/mol. The van der Waals surface area contributed by atoms with Gasteiger partial charge in [-0.1, -0.05) is 11.2 Å². The summed E-state index contributed by atoms with van der Waals surface area (Å²) >= 11 is 0. The molecular weight excluding hydrogens is 322 g/mol. The highest BCUT2D eigenvalue weighted by Crippen LogP contribution is 2.33. The Morgan fingerprint density at radius 2 is 1.96 bits per heavy atom. The zero-order valence-corrected chi connectivity index (χ0v) is 14.2. The number of aromatic nitrogens is 3. The summed E-state index contributed by atoms with van der Waals surface area (Å²) < 4.78 is 21.4. The summed E-state index contributed by atoms with van der Waals surface area (Å²) in [5.41, 5.74) is 1.58. The lowest BCUT2D eigenvalue weighted by molar-refractivity contribution is 0.354. The molecular formula is C18H19N3O4. The molecule has 1 aromatic carbocycles. The Morgan fingerprint density at radius 1 is 1.12 bits per heavy atom. The normalized spacial score (nSPS) is 13.8. The fraction of sp³-hybridized carbons (Fsp3) is 0.389. The van der Waals surface area contributed by atoms with Crippen molar-refractivity contribution < 1.29 is 18.4 Å². The van der Waals surface area contributed by atoms with Crippen molar-refractivity contribution in [2.75, 3.05) is 14.2 Å². The van der Waals surface area contributed by atoms with Gasteiger partial charge in [0.1, 0.15) is 6.26 Å². The van der Waals surface area contributed by atoms with Gasteiger partial charge in [-0.2, -0.15) is 4.98 Å². The molecule has 0 saturated heterocycles. The Labute approximate surface area is 145 Å². The van der Waals surface area contributed by atoms with Crippen molar-refractivity contribution in [3.05, 3.63) is 41.7 Å². The van der Waals surface area contributed by atoms with Crippen LogP contribution in [0.3, 0.4) is 0 Å². The number of hydrogen-bond donors (Lipinski definition) is 0. The second-order valence-corrected chi connectivity index (χ2v) is 6.16. The largest absolute Gasteiger partial charge is 0.493 e. The highest BCUT2D eigenvalue weighted by atomic mass is 16.5. The van der Waals surface area contributed by atoms with E-state index in [9.17, 15) is 0 Å². The molecule has 25 heavy (non-hydrogen) atoms. The van der Waals surface area contributed by atoms with Gasteiger partial charge in [-0.25, -0.2) is 4.98 Å². The van der Waals surface area contributed by atoms with E-state index in [1.165, 1.54) is 12.8 Å². The minimum atomic E-state index is 0.376. The summed E-state index contributed by atoms with van der Waals surface area (Å²) in [5, 5.41) is 4.03. The summed E-state index contributed by atoms with van der Waals surface area (Å²) in [6, 6.07) is 5.71. The number of nitrogens with zero attached hydrogens (tertiary/aromatic N) is 3. The van der Waals surface area contributed by atoms with E-state index >= 15 is 0 Å². The minimum absolute atomic E-state index is 0.376. The average molecular weight is 341 g/mol. The Morgan fingerprint density at radius 3 is 2.72 bits per heavy atom. The molecule has 2 aromatic heterocycles. The first kappa shape index (κ1) is 15.7. The number of hydrogen-bond acceptors (Lipinski definition) is 7. The molecule has 1 aliphatic carbocycles. The topological polar surface area (TPSA) is 83.4 Å². The molecule has 1 saturated carbocycles. The quantitative estimate of drug-likeness (QED) is 0.652. The molecule has 0 bridgehead atoms. The van der Waals surface area contributed by atoms with Crippen molar-refractivity contribution in [2.45, 2.75) is 25.7 Å². The Bertz CT molecular complexity index is 867. The van der Waals surface area contributed by atoms with Gasteiger partial charge in [-0.05, 0) is 36.5 Å². The van der Waals surface area contributed by atoms with Crippen LogP contribution < -0.4 is 9.47 Å². The smallest absolute Gasteiger partial charge is 0.279 e. The first-order valence-electron chi connectivity index (χ1n) is 8.23. The highest BCUT2D eigenvalue weighted by Gasteiger charge is 2.24. The van der Waals surface area contributed by atoms with E-state index in [0.717, 1.165) is 23.8 Å². The third-order valence-corrected chi connectivity index (χ3v) is 4.21. The van der Waals surface area contributed by atoms with Crippen LogP contribution in [0.15, 0.2) is 33.4 Å². The van der Waals surface area contributed by atoms with E-state index in [1.54, 1.807) is 20.5 Å². The van der Waals surface area contributed by atoms with Crippen LogP contribution in [0.2, 0.25) is 0 Å². The van der Waals surface area contributed by atoms with Gasteiger partial charge >= 0.3 is 0 Å². The van der Waals surface area contributed by atoms with Crippen molar-refractivity contribution in [3.63, 3.8) is 0 Å². The van der Waals surface area contributed by atoms with E-state index in [1.807, 2.05) is 18.2 Å². The fourth-order valence-electron chi connectivity index (χ4n) is 2.67. The molecule has 7 heteroatoms. The third-order valence-electron chi connectivity index (χ3n) is 4.21. The average Bonchev–Trinajstić information content (AvgIpc) is 3.12. The maximum atomic E-state index is 5.48. The Balaban J connectivity index is 1.48. The van der Waals surface area contributed by atoms with Crippen LogP contribution in [0.4, 0.5) is 0 Å². The van der Waals surface area contributed by atoms with Crippen LogP contribution >= 0.6 is 0 Å². The van der Waals surface area contributed by atoms with Crippen molar-refractivity contribution in [2.24, 2.45) is 5.92 Å². The molecule has 0 radical (unpaired) electrons. The lowest BCUT2D eigenvalue weighted by Crippen LogP contribution is -1.95. The summed E-state index contributed by atoms with van der Waals surface area (Å²) in [6.45, 7) is 0. The van der Waals surface area contributed by atoms with Gasteiger partial charge in [-0.3, -0.25) is 0 Å². The molecule has 7 nitrogen and oxygen atoms in total. The van der Waals surface area contributed by atoms with Crippen LogP contribution in [0.1, 0.15) is 30.1 Å². The summed E-state index contributed by atoms with van der Waals surface area (Å²) in [7, 11) is 3.22. The van der Waals surface area contributed by atoms with Crippen LogP contribution in [0, 0.1) is 5.92 Å². The predicted octanol–water partition coefficient (Wildman–Crippen LogP) is 3.29. The Hall–Kier alpha value is -2.83. The second-order valence-electron chi connectivity index (χ2n) is 6.16.